The fraction of sp³-hybridized carbons (Fsp3) is 0.250. The Morgan fingerprint density at radius 3 is 2.44 bits per heavy atom. The van der Waals surface area contributed by atoms with E-state index in [9.17, 15) is 26.0 Å². The molecule has 2 aromatic rings. The highest BCUT2D eigenvalue weighted by Gasteiger charge is 2.52. The zero-order valence-corrected chi connectivity index (χ0v) is 13.2. The van der Waals surface area contributed by atoms with Crippen molar-refractivity contribution in [3.05, 3.63) is 53.1 Å². The number of hydrogen-bond acceptors (Lipinski definition) is 4. The molecule has 0 saturated carbocycles. The molecule has 0 N–H and O–H groups in total. The number of benzene rings is 2. The Bertz CT molecular complexity index is 954. The molecule has 0 aromatic heterocycles. The molecule has 2 unspecified atom stereocenters. The van der Waals surface area contributed by atoms with Gasteiger partial charge in [0.25, 0.3) is 0 Å². The van der Waals surface area contributed by atoms with Crippen LogP contribution in [0.2, 0.25) is 0 Å². The summed E-state index contributed by atoms with van der Waals surface area (Å²) in [5, 5.41) is 0. The van der Waals surface area contributed by atoms with Crippen molar-refractivity contribution in [2.45, 2.75) is 29.3 Å². The molecule has 25 heavy (non-hydrogen) atoms. The van der Waals surface area contributed by atoms with Crippen LogP contribution in [-0.2, 0) is 21.0 Å². The zero-order chi connectivity index (χ0) is 17.9. The third kappa shape index (κ3) is 2.67. The van der Waals surface area contributed by atoms with E-state index in [0.29, 0.717) is 11.6 Å². The minimum Gasteiger partial charge on any atom is -0.457 e. The molecule has 0 amide bonds. The number of sulfone groups is 1. The number of rotatable bonds is 4. The number of fused-ring (bicyclic) bond motifs is 3. The molecule has 1 aliphatic carbocycles. The van der Waals surface area contributed by atoms with Crippen LogP contribution >= 0.6 is 0 Å². The van der Waals surface area contributed by atoms with Crippen LogP contribution in [0.15, 0.2) is 35.2 Å². The first kappa shape index (κ1) is 16.3. The normalized spacial score (nSPS) is 21.2. The first-order chi connectivity index (χ1) is 11.8. The van der Waals surface area contributed by atoms with Gasteiger partial charge in [-0.2, -0.15) is 8.78 Å². The van der Waals surface area contributed by atoms with E-state index in [0.717, 1.165) is 18.2 Å². The van der Waals surface area contributed by atoms with Gasteiger partial charge in [0.2, 0.25) is 9.84 Å². The van der Waals surface area contributed by atoms with E-state index in [1.165, 1.54) is 6.07 Å². The van der Waals surface area contributed by atoms with Gasteiger partial charge in [0.1, 0.15) is 29.2 Å². The van der Waals surface area contributed by atoms with Gasteiger partial charge in [-0.3, -0.25) is 0 Å². The molecular weight excluding hydrogens is 364 g/mol. The van der Waals surface area contributed by atoms with E-state index in [4.69, 9.17) is 9.47 Å². The zero-order valence-electron chi connectivity index (χ0n) is 12.4. The maximum absolute atomic E-state index is 13.3. The average Bonchev–Trinajstić information content (AvgIpc) is 3.18. The summed E-state index contributed by atoms with van der Waals surface area (Å²) in [7, 11) is -4.80. The average molecular weight is 374 g/mol. The molecule has 0 radical (unpaired) electrons. The summed E-state index contributed by atoms with van der Waals surface area (Å²) in [6, 6.07) is 4.83. The van der Waals surface area contributed by atoms with E-state index in [-0.39, 0.29) is 29.6 Å². The van der Waals surface area contributed by atoms with Crippen LogP contribution in [0.5, 0.6) is 11.5 Å². The summed E-state index contributed by atoms with van der Waals surface area (Å²) in [4.78, 5) is -0.500. The topological polar surface area (TPSA) is 55.9 Å². The molecule has 1 heterocycles. The molecule has 0 spiro atoms. The molecule has 1 fully saturated rings. The first-order valence-electron chi connectivity index (χ1n) is 7.24. The van der Waals surface area contributed by atoms with Gasteiger partial charge in [-0.15, -0.1) is 0 Å². The number of hydrogen-bond donors (Lipinski definition) is 0. The largest absolute Gasteiger partial charge is 0.457 e. The predicted molar refractivity (Wildman–Crippen MR) is 77.4 cm³/mol. The Hall–Kier alpha value is -2.13. The molecule has 4 rings (SSSR count). The fourth-order valence-electron chi connectivity index (χ4n) is 3.05. The van der Waals surface area contributed by atoms with Crippen molar-refractivity contribution >= 4 is 9.84 Å². The van der Waals surface area contributed by atoms with E-state index >= 15 is 0 Å². The van der Waals surface area contributed by atoms with Crippen molar-refractivity contribution in [1.82, 2.24) is 0 Å². The van der Waals surface area contributed by atoms with Gasteiger partial charge in [-0.25, -0.2) is 17.2 Å². The van der Waals surface area contributed by atoms with Crippen LogP contribution < -0.4 is 4.74 Å². The Labute approximate surface area is 139 Å². The van der Waals surface area contributed by atoms with E-state index in [1.807, 2.05) is 0 Å². The van der Waals surface area contributed by atoms with Gasteiger partial charge in [0.05, 0.1) is 11.0 Å². The lowest BCUT2D eigenvalue weighted by atomic mass is 10.1. The second-order valence-corrected chi connectivity index (χ2v) is 7.65. The minimum atomic E-state index is -4.80. The van der Waals surface area contributed by atoms with E-state index < -0.39 is 38.2 Å². The third-order valence-corrected chi connectivity index (χ3v) is 5.59. The minimum absolute atomic E-state index is 0.120. The highest BCUT2D eigenvalue weighted by atomic mass is 32.2. The van der Waals surface area contributed by atoms with Crippen LogP contribution in [0, 0.1) is 11.6 Å². The van der Waals surface area contributed by atoms with Crippen LogP contribution in [-0.4, -0.2) is 20.3 Å². The predicted octanol–water partition coefficient (Wildman–Crippen LogP) is 3.75. The molecule has 132 valence electrons. The Morgan fingerprint density at radius 2 is 1.80 bits per heavy atom. The lowest BCUT2D eigenvalue weighted by Gasteiger charge is -2.15. The lowest BCUT2D eigenvalue weighted by Crippen LogP contribution is -2.14. The van der Waals surface area contributed by atoms with Crippen molar-refractivity contribution < 1.29 is 35.5 Å². The van der Waals surface area contributed by atoms with Crippen molar-refractivity contribution in [3.63, 3.8) is 0 Å². The lowest BCUT2D eigenvalue weighted by molar-refractivity contribution is 0.234. The second-order valence-electron chi connectivity index (χ2n) is 5.77. The smallest absolute Gasteiger partial charge is 0.341 e. The Kier molecular flexibility index (Phi) is 3.55. The summed E-state index contributed by atoms with van der Waals surface area (Å²) in [6.07, 6.45) is -0.596. The van der Waals surface area contributed by atoms with Crippen LogP contribution in [0.25, 0.3) is 0 Å². The summed E-state index contributed by atoms with van der Waals surface area (Å²) in [5.41, 5.74) is 0.535. The summed E-state index contributed by atoms with van der Waals surface area (Å²) >= 11 is 0. The fourth-order valence-corrected chi connectivity index (χ4v) is 4.05. The summed E-state index contributed by atoms with van der Waals surface area (Å²) < 4.78 is 86.8. The van der Waals surface area contributed by atoms with Crippen molar-refractivity contribution in [3.8, 4) is 11.5 Å². The van der Waals surface area contributed by atoms with Gasteiger partial charge in [-0.05, 0) is 12.1 Å². The SMILES string of the molecule is O=S(=O)(c1ccc(Oc2cc(F)cc(F)c2)c2c1C1OC1C2)C(F)F. The van der Waals surface area contributed by atoms with Gasteiger partial charge < -0.3 is 9.47 Å². The van der Waals surface area contributed by atoms with E-state index in [2.05, 4.69) is 0 Å². The Balaban J connectivity index is 1.79. The monoisotopic (exact) mass is 374 g/mol. The van der Waals surface area contributed by atoms with E-state index in [1.54, 1.807) is 0 Å². The summed E-state index contributed by atoms with van der Waals surface area (Å²) in [6.45, 7) is 0. The number of halogens is 4. The third-order valence-electron chi connectivity index (χ3n) is 4.15. The molecule has 1 aliphatic heterocycles. The van der Waals surface area contributed by atoms with Gasteiger partial charge in [-0.1, -0.05) is 0 Å². The quantitative estimate of drug-likeness (QED) is 0.604. The van der Waals surface area contributed by atoms with Crippen LogP contribution in [0.4, 0.5) is 17.6 Å². The van der Waals surface area contributed by atoms with Crippen molar-refractivity contribution in [2.24, 2.45) is 0 Å². The van der Waals surface area contributed by atoms with Crippen LogP contribution in [0.3, 0.4) is 0 Å². The van der Waals surface area contributed by atoms with Gasteiger partial charge >= 0.3 is 5.76 Å². The van der Waals surface area contributed by atoms with Crippen LogP contribution in [0.1, 0.15) is 17.2 Å². The van der Waals surface area contributed by atoms with Gasteiger partial charge in [0, 0.05) is 35.7 Å². The molecule has 4 nitrogen and oxygen atoms in total. The number of ether oxygens (including phenoxy) is 2. The Morgan fingerprint density at radius 1 is 1.12 bits per heavy atom. The molecule has 0 bridgehead atoms. The second kappa shape index (κ2) is 5.43. The maximum atomic E-state index is 13.3. The molecule has 1 saturated heterocycles. The number of alkyl halides is 2. The molecule has 2 aromatic carbocycles. The highest BCUT2D eigenvalue weighted by Crippen LogP contribution is 2.54. The molecular formula is C16H10F4O4S. The first-order valence-corrected chi connectivity index (χ1v) is 8.79. The highest BCUT2D eigenvalue weighted by molar-refractivity contribution is 7.91. The van der Waals surface area contributed by atoms with Crippen molar-refractivity contribution in [2.75, 3.05) is 0 Å². The number of epoxide rings is 1. The van der Waals surface area contributed by atoms with Gasteiger partial charge in [0.15, 0.2) is 0 Å². The molecule has 2 atom stereocenters. The standard InChI is InChI=1S/C16H10F4O4S/c17-7-3-8(18)5-9(4-7)23-11-1-2-13(25(21,22)16(19)20)14-10(11)6-12-15(14)24-12/h1-5,12,15-16H,6H2. The molecule has 2 aliphatic rings. The summed E-state index contributed by atoms with van der Waals surface area (Å²) in [5.74, 6) is -5.20. The molecule has 9 heteroatoms. The van der Waals surface area contributed by atoms with Crippen molar-refractivity contribution in [1.29, 1.82) is 0 Å². The maximum Gasteiger partial charge on any atom is 0.341 e.